The van der Waals surface area contributed by atoms with Gasteiger partial charge in [0.2, 0.25) is 5.43 Å². The number of amides is 1. The van der Waals surface area contributed by atoms with E-state index >= 15 is 0 Å². The Morgan fingerprint density at radius 2 is 1.54 bits per heavy atom. The van der Waals surface area contributed by atoms with E-state index in [2.05, 4.69) is 0 Å². The van der Waals surface area contributed by atoms with Crippen LogP contribution in [0.1, 0.15) is 25.3 Å². The van der Waals surface area contributed by atoms with Crippen molar-refractivity contribution in [2.24, 2.45) is 0 Å². The second-order valence-corrected chi connectivity index (χ2v) is 9.77. The molecule has 0 unspecified atom stereocenters. The average molecular weight is 548 g/mol. The van der Waals surface area contributed by atoms with Crippen molar-refractivity contribution in [3.63, 3.8) is 0 Å². The van der Waals surface area contributed by atoms with Gasteiger partial charge in [0.1, 0.15) is 17.6 Å². The summed E-state index contributed by atoms with van der Waals surface area (Å²) in [5.41, 5.74) is 3.35. The molecule has 7 heteroatoms. The molecule has 0 spiro atoms. The molecule has 0 saturated carbocycles. The highest BCUT2D eigenvalue weighted by molar-refractivity contribution is 5.97. The van der Waals surface area contributed by atoms with Crippen LogP contribution in [-0.2, 0) is 6.42 Å². The van der Waals surface area contributed by atoms with Crippen molar-refractivity contribution >= 4 is 28.4 Å². The highest BCUT2D eigenvalue weighted by Gasteiger charge is 2.23. The predicted molar refractivity (Wildman–Crippen MR) is 159 cm³/mol. The third-order valence-corrected chi connectivity index (χ3v) is 6.94. The molecular formula is C34H29NO6. The fourth-order valence-corrected chi connectivity index (χ4v) is 4.95. The second-order valence-electron chi connectivity index (χ2n) is 9.77. The molecule has 0 bridgehead atoms. The van der Waals surface area contributed by atoms with Gasteiger partial charge in [-0.05, 0) is 60.0 Å². The van der Waals surface area contributed by atoms with E-state index in [4.69, 9.17) is 18.6 Å². The smallest absolute Gasteiger partial charge is 0.424 e. The van der Waals surface area contributed by atoms with Crippen molar-refractivity contribution in [1.82, 2.24) is 0 Å². The first kappa shape index (κ1) is 26.2. The zero-order valence-electron chi connectivity index (χ0n) is 22.7. The van der Waals surface area contributed by atoms with E-state index in [1.807, 2.05) is 85.8 Å². The van der Waals surface area contributed by atoms with Crippen LogP contribution in [0.25, 0.3) is 22.1 Å². The number of aryl methyl sites for hydroxylation is 1. The Labute approximate surface area is 237 Å². The van der Waals surface area contributed by atoms with E-state index < -0.39 is 6.09 Å². The summed E-state index contributed by atoms with van der Waals surface area (Å²) in [5.74, 6) is 1.62. The van der Waals surface area contributed by atoms with Gasteiger partial charge in [-0.25, -0.2) is 9.69 Å². The Morgan fingerprint density at radius 3 is 2.22 bits per heavy atom. The minimum absolute atomic E-state index is 0.175. The standard InChI is InChI=1S/C34H29NO6/c1-2-10-24-19-27-31(40-22-28(33(27)36)23-15-16-29-32(20-23)39-18-9-17-38-29)21-30(24)41-34(37)35(25-11-5-3-6-12-25)26-13-7-4-8-14-26/h3-8,11-16,19-22H,2,9-10,17-18H2,1H3. The van der Waals surface area contributed by atoms with Gasteiger partial charge in [0.15, 0.2) is 11.5 Å². The van der Waals surface area contributed by atoms with Crippen LogP contribution in [0.4, 0.5) is 16.2 Å². The maximum atomic E-state index is 13.7. The normalized spacial score (nSPS) is 12.5. The van der Waals surface area contributed by atoms with Gasteiger partial charge in [0.05, 0.1) is 35.5 Å². The number of nitrogens with zero attached hydrogens (tertiary/aromatic N) is 1. The number of carbonyl (C=O) groups excluding carboxylic acids is 1. The summed E-state index contributed by atoms with van der Waals surface area (Å²) in [4.78, 5) is 28.8. The van der Waals surface area contributed by atoms with Crippen LogP contribution >= 0.6 is 0 Å². The summed E-state index contributed by atoms with van der Waals surface area (Å²) in [6.07, 6.45) is 3.08. The molecule has 1 aliphatic rings. The van der Waals surface area contributed by atoms with Crippen LogP contribution in [0.5, 0.6) is 17.2 Å². The van der Waals surface area contributed by atoms with Crippen molar-refractivity contribution in [2.45, 2.75) is 26.2 Å². The topological polar surface area (TPSA) is 78.2 Å². The lowest BCUT2D eigenvalue weighted by Gasteiger charge is -2.23. The average Bonchev–Trinajstić information content (AvgIpc) is 3.24. The zero-order valence-corrected chi connectivity index (χ0v) is 22.7. The molecule has 0 atom stereocenters. The third kappa shape index (κ3) is 5.39. The molecular weight excluding hydrogens is 518 g/mol. The minimum atomic E-state index is -0.565. The number of benzene rings is 4. The lowest BCUT2D eigenvalue weighted by molar-refractivity contribution is 0.210. The van der Waals surface area contributed by atoms with Crippen molar-refractivity contribution in [3.05, 3.63) is 113 Å². The van der Waals surface area contributed by atoms with E-state index in [1.165, 1.54) is 11.2 Å². The van der Waals surface area contributed by atoms with E-state index in [0.717, 1.165) is 18.4 Å². The van der Waals surface area contributed by atoms with Gasteiger partial charge in [-0.2, -0.15) is 0 Å². The Bertz CT molecular complexity index is 1710. The SMILES string of the molecule is CCCc1cc2c(=O)c(-c3ccc4c(c3)OCCCO4)coc2cc1OC(=O)N(c1ccccc1)c1ccccc1. The van der Waals surface area contributed by atoms with Gasteiger partial charge in [-0.1, -0.05) is 55.8 Å². The number of rotatable bonds is 6. The Kier molecular flexibility index (Phi) is 7.41. The number of anilines is 2. The Balaban J connectivity index is 1.38. The van der Waals surface area contributed by atoms with Crippen molar-refractivity contribution in [3.8, 4) is 28.4 Å². The van der Waals surface area contributed by atoms with E-state index in [9.17, 15) is 9.59 Å². The summed E-state index contributed by atoms with van der Waals surface area (Å²) in [5, 5.41) is 0.417. The van der Waals surface area contributed by atoms with E-state index in [0.29, 0.717) is 70.4 Å². The van der Waals surface area contributed by atoms with Gasteiger partial charge in [-0.15, -0.1) is 0 Å². The van der Waals surface area contributed by atoms with Crippen LogP contribution in [0.3, 0.4) is 0 Å². The van der Waals surface area contributed by atoms with Crippen LogP contribution in [-0.4, -0.2) is 19.3 Å². The number of fused-ring (bicyclic) bond motifs is 2. The molecule has 0 radical (unpaired) electrons. The maximum absolute atomic E-state index is 13.7. The maximum Gasteiger partial charge on any atom is 0.424 e. The van der Waals surface area contributed by atoms with Crippen LogP contribution in [0.2, 0.25) is 0 Å². The first-order valence-corrected chi connectivity index (χ1v) is 13.7. The first-order chi connectivity index (χ1) is 20.1. The Hall–Kier alpha value is -5.04. The van der Waals surface area contributed by atoms with E-state index in [1.54, 1.807) is 12.1 Å². The molecule has 2 heterocycles. The van der Waals surface area contributed by atoms with Crippen molar-refractivity contribution in [1.29, 1.82) is 0 Å². The highest BCUT2D eigenvalue weighted by atomic mass is 16.6. The molecule has 0 aliphatic carbocycles. The highest BCUT2D eigenvalue weighted by Crippen LogP contribution is 2.35. The molecule has 1 aromatic heterocycles. The quantitative estimate of drug-likeness (QED) is 0.215. The summed E-state index contributed by atoms with van der Waals surface area (Å²) >= 11 is 0. The van der Waals surface area contributed by atoms with Gasteiger partial charge < -0.3 is 18.6 Å². The molecule has 6 rings (SSSR count). The van der Waals surface area contributed by atoms with Crippen LogP contribution in [0.15, 0.2) is 106 Å². The van der Waals surface area contributed by atoms with Gasteiger partial charge in [0.25, 0.3) is 0 Å². The van der Waals surface area contributed by atoms with Gasteiger partial charge in [0, 0.05) is 12.5 Å². The number of hydrogen-bond acceptors (Lipinski definition) is 6. The molecule has 206 valence electrons. The Morgan fingerprint density at radius 1 is 0.854 bits per heavy atom. The molecule has 1 aliphatic heterocycles. The number of para-hydroxylation sites is 2. The molecule has 41 heavy (non-hydrogen) atoms. The second kappa shape index (κ2) is 11.6. The molecule has 0 fully saturated rings. The number of hydrogen-bond donors (Lipinski definition) is 0. The van der Waals surface area contributed by atoms with Gasteiger partial charge >= 0.3 is 6.09 Å². The lowest BCUT2D eigenvalue weighted by Crippen LogP contribution is -2.29. The third-order valence-electron chi connectivity index (χ3n) is 6.94. The zero-order chi connectivity index (χ0) is 28.2. The number of carbonyl (C=O) groups is 1. The van der Waals surface area contributed by atoms with Crippen molar-refractivity contribution in [2.75, 3.05) is 18.1 Å². The predicted octanol–water partition coefficient (Wildman–Crippen LogP) is 7.91. The monoisotopic (exact) mass is 547 g/mol. The largest absolute Gasteiger partial charge is 0.490 e. The summed E-state index contributed by atoms with van der Waals surface area (Å²) in [7, 11) is 0. The molecule has 1 amide bonds. The molecule has 4 aromatic carbocycles. The molecule has 7 nitrogen and oxygen atoms in total. The number of ether oxygens (including phenoxy) is 3. The summed E-state index contributed by atoms with van der Waals surface area (Å²) in [6, 6.07) is 27.5. The fourth-order valence-electron chi connectivity index (χ4n) is 4.95. The van der Waals surface area contributed by atoms with Crippen LogP contribution < -0.4 is 24.5 Å². The fraction of sp³-hybridized carbons (Fsp3) is 0.176. The van der Waals surface area contributed by atoms with Crippen molar-refractivity contribution < 1.29 is 23.4 Å². The first-order valence-electron chi connectivity index (χ1n) is 13.7. The summed E-state index contributed by atoms with van der Waals surface area (Å²) in [6.45, 7) is 3.18. The molecule has 0 N–H and O–H groups in total. The minimum Gasteiger partial charge on any atom is -0.490 e. The summed E-state index contributed by atoms with van der Waals surface area (Å²) < 4.78 is 23.5. The molecule has 5 aromatic rings. The van der Waals surface area contributed by atoms with Gasteiger partial charge in [-0.3, -0.25) is 4.79 Å². The van der Waals surface area contributed by atoms with E-state index in [-0.39, 0.29) is 5.43 Å². The van der Waals surface area contributed by atoms with Crippen LogP contribution in [0, 0.1) is 0 Å². The lowest BCUT2D eigenvalue weighted by atomic mass is 10.0. The molecule has 0 saturated heterocycles.